The number of nitrogens with two attached hydrogens (primary N) is 1. The summed E-state index contributed by atoms with van der Waals surface area (Å²) in [5.41, 5.74) is 6.43. The summed E-state index contributed by atoms with van der Waals surface area (Å²) in [6.45, 7) is 1.80. The summed E-state index contributed by atoms with van der Waals surface area (Å²) in [5.74, 6) is -0.202. The Balaban J connectivity index is 2.57. The number of benzene rings is 1. The maximum absolute atomic E-state index is 13.2. The van der Waals surface area contributed by atoms with Gasteiger partial charge >= 0.3 is 0 Å². The largest absolute Gasteiger partial charge is 0.485 e. The predicted molar refractivity (Wildman–Crippen MR) is 48.4 cm³/mol. The van der Waals surface area contributed by atoms with Gasteiger partial charge in [-0.1, -0.05) is 11.6 Å². The molecule has 1 aromatic carbocycles. The maximum atomic E-state index is 13.2. The average Bonchev–Trinajstić information content (AvgIpc) is 2.32. The molecule has 4 heteroatoms. The lowest BCUT2D eigenvalue weighted by atomic mass is 10.1. The molecule has 2 atom stereocenters. The van der Waals surface area contributed by atoms with Crippen LogP contribution in [0, 0.1) is 5.82 Å². The van der Waals surface area contributed by atoms with Gasteiger partial charge in [-0.05, 0) is 19.1 Å². The molecule has 0 saturated carbocycles. The summed E-state index contributed by atoms with van der Waals surface area (Å²) >= 11 is 5.69. The number of fused-ring (bicyclic) bond motifs is 1. The van der Waals surface area contributed by atoms with E-state index in [9.17, 15) is 4.39 Å². The summed E-state index contributed by atoms with van der Waals surface area (Å²) in [7, 11) is 0. The van der Waals surface area contributed by atoms with Gasteiger partial charge in [-0.25, -0.2) is 4.39 Å². The van der Waals surface area contributed by atoms with Crippen LogP contribution in [-0.4, -0.2) is 6.10 Å². The molecule has 0 spiro atoms. The Hall–Kier alpha value is -0.800. The molecule has 2 nitrogen and oxygen atoms in total. The summed E-state index contributed by atoms with van der Waals surface area (Å²) in [5, 5.41) is 0.351. The Morgan fingerprint density at radius 2 is 2.23 bits per heavy atom. The van der Waals surface area contributed by atoms with E-state index in [1.54, 1.807) is 13.0 Å². The van der Waals surface area contributed by atoms with Crippen molar-refractivity contribution in [3.63, 3.8) is 0 Å². The molecule has 1 heterocycles. The van der Waals surface area contributed by atoms with Gasteiger partial charge in [0, 0.05) is 10.6 Å². The number of hydrogen-bond donors (Lipinski definition) is 1. The second-order valence-corrected chi connectivity index (χ2v) is 3.59. The molecule has 0 aromatic heterocycles. The van der Waals surface area contributed by atoms with Gasteiger partial charge in [0.1, 0.15) is 6.10 Å². The average molecular weight is 202 g/mol. The summed E-state index contributed by atoms with van der Waals surface area (Å²) in [4.78, 5) is 0. The van der Waals surface area contributed by atoms with Crippen LogP contribution >= 0.6 is 11.6 Å². The summed E-state index contributed by atoms with van der Waals surface area (Å²) in [6, 6.07) is 2.59. The van der Waals surface area contributed by atoms with Crippen molar-refractivity contribution in [3.8, 4) is 5.75 Å². The number of halogens is 2. The third kappa shape index (κ3) is 1.28. The van der Waals surface area contributed by atoms with Crippen LogP contribution in [0.3, 0.4) is 0 Å². The first-order valence-electron chi connectivity index (χ1n) is 4.01. The van der Waals surface area contributed by atoms with E-state index < -0.39 is 5.82 Å². The monoisotopic (exact) mass is 201 g/mol. The van der Waals surface area contributed by atoms with Gasteiger partial charge in [0.15, 0.2) is 11.6 Å². The van der Waals surface area contributed by atoms with Crippen LogP contribution in [0.15, 0.2) is 12.1 Å². The fourth-order valence-electron chi connectivity index (χ4n) is 1.46. The highest BCUT2D eigenvalue weighted by molar-refractivity contribution is 6.30. The van der Waals surface area contributed by atoms with Crippen molar-refractivity contribution in [1.29, 1.82) is 0 Å². The Morgan fingerprint density at radius 1 is 1.54 bits per heavy atom. The van der Waals surface area contributed by atoms with Crippen molar-refractivity contribution in [2.75, 3.05) is 0 Å². The van der Waals surface area contributed by atoms with Crippen LogP contribution in [0.2, 0.25) is 5.02 Å². The second kappa shape index (κ2) is 2.86. The molecule has 0 bridgehead atoms. The smallest absolute Gasteiger partial charge is 0.166 e. The van der Waals surface area contributed by atoms with Crippen LogP contribution < -0.4 is 10.5 Å². The van der Waals surface area contributed by atoms with E-state index in [-0.39, 0.29) is 17.9 Å². The Kier molecular flexibility index (Phi) is 1.93. The molecule has 1 aliphatic rings. The summed E-state index contributed by atoms with van der Waals surface area (Å²) < 4.78 is 18.5. The molecular formula is C9H9ClFNO. The molecule has 13 heavy (non-hydrogen) atoms. The lowest BCUT2D eigenvalue weighted by molar-refractivity contribution is 0.220. The molecule has 1 aromatic rings. The van der Waals surface area contributed by atoms with Crippen molar-refractivity contribution in [2.24, 2.45) is 5.73 Å². The lowest BCUT2D eigenvalue weighted by Gasteiger charge is -2.07. The van der Waals surface area contributed by atoms with Gasteiger partial charge in [-0.3, -0.25) is 0 Å². The Bertz CT molecular complexity index is 356. The van der Waals surface area contributed by atoms with Crippen LogP contribution in [0.4, 0.5) is 4.39 Å². The van der Waals surface area contributed by atoms with E-state index in [0.29, 0.717) is 10.6 Å². The van der Waals surface area contributed by atoms with Crippen molar-refractivity contribution < 1.29 is 9.13 Å². The van der Waals surface area contributed by atoms with E-state index in [4.69, 9.17) is 22.1 Å². The van der Waals surface area contributed by atoms with Crippen molar-refractivity contribution >= 4 is 11.6 Å². The molecule has 2 unspecified atom stereocenters. The van der Waals surface area contributed by atoms with E-state index in [1.165, 1.54) is 6.07 Å². The van der Waals surface area contributed by atoms with Gasteiger partial charge in [-0.2, -0.15) is 0 Å². The molecule has 2 rings (SSSR count). The highest BCUT2D eigenvalue weighted by Gasteiger charge is 2.30. The van der Waals surface area contributed by atoms with E-state index in [2.05, 4.69) is 0 Å². The van der Waals surface area contributed by atoms with Crippen LogP contribution in [0.5, 0.6) is 5.75 Å². The zero-order valence-electron chi connectivity index (χ0n) is 7.05. The zero-order valence-corrected chi connectivity index (χ0v) is 7.81. The molecule has 0 radical (unpaired) electrons. The predicted octanol–water partition coefficient (Wildman–Crippen LogP) is 2.26. The van der Waals surface area contributed by atoms with Gasteiger partial charge in [0.25, 0.3) is 0 Å². The third-order valence-electron chi connectivity index (χ3n) is 2.21. The minimum absolute atomic E-state index is 0.192. The van der Waals surface area contributed by atoms with Gasteiger partial charge in [0.2, 0.25) is 0 Å². The summed E-state index contributed by atoms with van der Waals surface area (Å²) in [6.07, 6.45) is -0.192. The van der Waals surface area contributed by atoms with E-state index in [0.717, 1.165) is 0 Å². The molecule has 0 fully saturated rings. The molecule has 0 aliphatic carbocycles. The van der Waals surface area contributed by atoms with Gasteiger partial charge in [0.05, 0.1) is 6.04 Å². The van der Waals surface area contributed by atoms with Crippen molar-refractivity contribution in [2.45, 2.75) is 19.1 Å². The molecule has 2 N–H and O–H groups in total. The first kappa shape index (κ1) is 8.78. The van der Waals surface area contributed by atoms with E-state index >= 15 is 0 Å². The van der Waals surface area contributed by atoms with Gasteiger partial charge < -0.3 is 10.5 Å². The molecule has 1 aliphatic heterocycles. The third-order valence-corrected chi connectivity index (χ3v) is 2.42. The van der Waals surface area contributed by atoms with Gasteiger partial charge in [-0.15, -0.1) is 0 Å². The first-order valence-corrected chi connectivity index (χ1v) is 4.38. The molecule has 0 amide bonds. The Labute approximate surface area is 80.4 Å². The normalized spacial score (nSPS) is 25.5. The SMILES string of the molecule is CC1Oc2c(F)cc(Cl)cc2C1N. The Morgan fingerprint density at radius 3 is 2.92 bits per heavy atom. The minimum Gasteiger partial charge on any atom is -0.485 e. The molecular weight excluding hydrogens is 193 g/mol. The fourth-order valence-corrected chi connectivity index (χ4v) is 1.68. The number of hydrogen-bond acceptors (Lipinski definition) is 2. The topological polar surface area (TPSA) is 35.2 Å². The number of ether oxygens (including phenoxy) is 1. The maximum Gasteiger partial charge on any atom is 0.166 e. The highest BCUT2D eigenvalue weighted by atomic mass is 35.5. The molecule has 0 saturated heterocycles. The van der Waals surface area contributed by atoms with Crippen LogP contribution in [-0.2, 0) is 0 Å². The van der Waals surface area contributed by atoms with Crippen molar-refractivity contribution in [1.82, 2.24) is 0 Å². The quantitative estimate of drug-likeness (QED) is 0.699. The second-order valence-electron chi connectivity index (χ2n) is 3.15. The zero-order chi connectivity index (χ0) is 9.59. The highest BCUT2D eigenvalue weighted by Crippen LogP contribution is 2.38. The standard InChI is InChI=1S/C9H9ClFNO/c1-4-8(12)6-2-5(10)3-7(11)9(6)13-4/h2-4,8H,12H2,1H3. The first-order chi connectivity index (χ1) is 6.09. The van der Waals surface area contributed by atoms with Crippen molar-refractivity contribution in [3.05, 3.63) is 28.5 Å². The lowest BCUT2D eigenvalue weighted by Crippen LogP contribution is -2.21. The number of rotatable bonds is 0. The van der Waals surface area contributed by atoms with Crippen LogP contribution in [0.1, 0.15) is 18.5 Å². The molecule has 70 valence electrons. The van der Waals surface area contributed by atoms with Crippen LogP contribution in [0.25, 0.3) is 0 Å². The fraction of sp³-hybridized carbons (Fsp3) is 0.333. The minimum atomic E-state index is -0.442. The van der Waals surface area contributed by atoms with E-state index in [1.807, 2.05) is 0 Å².